The van der Waals surface area contributed by atoms with Crippen LogP contribution in [0.4, 0.5) is 32.8 Å². The second kappa shape index (κ2) is 9.91. The second-order valence-corrected chi connectivity index (χ2v) is 7.92. The van der Waals surface area contributed by atoms with E-state index in [4.69, 9.17) is 0 Å². The highest BCUT2D eigenvalue weighted by Gasteiger charge is 2.12. The molecule has 5 aromatic rings. The number of carbonyl (C=O) groups is 1. The van der Waals surface area contributed by atoms with Gasteiger partial charge < -0.3 is 16.0 Å². The lowest BCUT2D eigenvalue weighted by molar-refractivity contribution is 0.102. The number of hydrogen-bond acceptors (Lipinski definition) is 6. The van der Waals surface area contributed by atoms with Crippen LogP contribution in [-0.2, 0) is 0 Å². The van der Waals surface area contributed by atoms with Crippen molar-refractivity contribution in [2.75, 3.05) is 16.0 Å². The maximum absolute atomic E-state index is 14.5. The van der Waals surface area contributed by atoms with E-state index in [0.29, 0.717) is 22.5 Å². The van der Waals surface area contributed by atoms with E-state index in [1.807, 2.05) is 6.07 Å². The first-order valence-electron chi connectivity index (χ1n) is 11.0. The molecule has 0 fully saturated rings. The molecule has 3 aromatic carbocycles. The Bertz CT molecular complexity index is 1610. The summed E-state index contributed by atoms with van der Waals surface area (Å²) in [7, 11) is 0. The van der Waals surface area contributed by atoms with Crippen molar-refractivity contribution in [3.8, 4) is 6.07 Å². The van der Waals surface area contributed by atoms with Crippen molar-refractivity contribution in [3.05, 3.63) is 114 Å². The Morgan fingerprint density at radius 1 is 0.806 bits per heavy atom. The number of benzene rings is 3. The number of halogens is 1. The van der Waals surface area contributed by atoms with E-state index in [-0.39, 0.29) is 5.69 Å². The largest absolute Gasteiger partial charge is 0.355 e. The molecule has 2 aromatic heterocycles. The van der Waals surface area contributed by atoms with Crippen LogP contribution in [0.15, 0.2) is 97.5 Å². The molecule has 0 spiro atoms. The first-order valence-corrected chi connectivity index (χ1v) is 11.0. The van der Waals surface area contributed by atoms with Gasteiger partial charge in [0.25, 0.3) is 5.91 Å². The Morgan fingerprint density at radius 3 is 2.47 bits per heavy atom. The van der Waals surface area contributed by atoms with Crippen molar-refractivity contribution >= 4 is 45.2 Å². The molecular formula is C28H19FN6O. The Balaban J connectivity index is 1.36. The van der Waals surface area contributed by atoms with Crippen molar-refractivity contribution in [2.24, 2.45) is 0 Å². The van der Waals surface area contributed by atoms with Gasteiger partial charge in [-0.15, -0.1) is 0 Å². The zero-order chi connectivity index (χ0) is 24.9. The van der Waals surface area contributed by atoms with E-state index >= 15 is 0 Å². The normalized spacial score (nSPS) is 10.4. The number of hydrogen-bond donors (Lipinski definition) is 3. The van der Waals surface area contributed by atoms with Crippen LogP contribution < -0.4 is 16.0 Å². The Kier molecular flexibility index (Phi) is 6.19. The summed E-state index contributed by atoms with van der Waals surface area (Å²) in [6.07, 6.45) is 4.96. The lowest BCUT2D eigenvalue weighted by atomic mass is 10.1. The molecule has 0 saturated heterocycles. The molecule has 0 unspecified atom stereocenters. The van der Waals surface area contributed by atoms with Crippen LogP contribution >= 0.6 is 0 Å². The van der Waals surface area contributed by atoms with E-state index in [0.717, 1.165) is 22.3 Å². The summed E-state index contributed by atoms with van der Waals surface area (Å²) in [6, 6.07) is 24.1. The molecule has 0 atom stereocenters. The SMILES string of the molecule is N#Cc1ccc2nccc(Nc3cccc(C(=O)Nc4cc(Nc5ccncc5)ccc4F)c3)c2c1. The molecule has 1 amide bonds. The molecule has 0 aliphatic heterocycles. The minimum atomic E-state index is -0.547. The molecule has 2 heterocycles. The van der Waals surface area contributed by atoms with Crippen LogP contribution in [-0.4, -0.2) is 15.9 Å². The maximum Gasteiger partial charge on any atom is 0.255 e. The molecule has 7 nitrogen and oxygen atoms in total. The number of nitrogens with zero attached hydrogens (tertiary/aromatic N) is 3. The fourth-order valence-corrected chi connectivity index (χ4v) is 3.71. The van der Waals surface area contributed by atoms with E-state index in [1.54, 1.807) is 79.3 Å². The third-order valence-electron chi connectivity index (χ3n) is 5.46. The number of aromatic nitrogens is 2. The molecule has 0 aliphatic carbocycles. The number of nitrogens with one attached hydrogen (secondary N) is 3. The quantitative estimate of drug-likeness (QED) is 0.264. The number of anilines is 5. The van der Waals surface area contributed by atoms with E-state index in [1.165, 1.54) is 12.1 Å². The van der Waals surface area contributed by atoms with Gasteiger partial charge in [0.2, 0.25) is 0 Å². The highest BCUT2D eigenvalue weighted by atomic mass is 19.1. The van der Waals surface area contributed by atoms with Crippen molar-refractivity contribution in [2.45, 2.75) is 0 Å². The van der Waals surface area contributed by atoms with E-state index < -0.39 is 11.7 Å². The topological polar surface area (TPSA) is 103 Å². The predicted octanol–water partition coefficient (Wildman–Crippen LogP) is 6.38. The zero-order valence-corrected chi connectivity index (χ0v) is 18.9. The summed E-state index contributed by atoms with van der Waals surface area (Å²) in [4.78, 5) is 21.3. The smallest absolute Gasteiger partial charge is 0.255 e. The Hall–Kier alpha value is -5.29. The lowest BCUT2D eigenvalue weighted by Gasteiger charge is -2.12. The summed E-state index contributed by atoms with van der Waals surface area (Å²) in [5.41, 5.74) is 4.48. The van der Waals surface area contributed by atoms with Gasteiger partial charge in [0.05, 0.1) is 22.8 Å². The first kappa shape index (κ1) is 22.5. The maximum atomic E-state index is 14.5. The number of pyridine rings is 2. The van der Waals surface area contributed by atoms with Crippen LogP contribution in [0.5, 0.6) is 0 Å². The molecule has 0 bridgehead atoms. The molecule has 5 rings (SSSR count). The van der Waals surface area contributed by atoms with Crippen molar-refractivity contribution < 1.29 is 9.18 Å². The number of amides is 1. The van der Waals surface area contributed by atoms with Crippen molar-refractivity contribution in [1.29, 1.82) is 5.26 Å². The predicted molar refractivity (Wildman–Crippen MR) is 138 cm³/mol. The van der Waals surface area contributed by atoms with Gasteiger partial charge >= 0.3 is 0 Å². The standard InChI is InChI=1S/C28H19FN6O/c29-24-6-5-22(33-20-8-11-31-12-9-20)16-27(24)35-28(36)19-2-1-3-21(15-19)34-26-10-13-32-25-7-4-18(17-30)14-23(25)26/h1-16H,(H,31,33)(H,32,34)(H,35,36). The molecule has 3 N–H and O–H groups in total. The van der Waals surface area contributed by atoms with Gasteiger partial charge in [0.15, 0.2) is 0 Å². The molecule has 0 saturated carbocycles. The number of fused-ring (bicyclic) bond motifs is 1. The number of carbonyl (C=O) groups excluding carboxylic acids is 1. The first-order chi connectivity index (χ1) is 17.6. The summed E-state index contributed by atoms with van der Waals surface area (Å²) in [5.74, 6) is -1.00. The Morgan fingerprint density at radius 2 is 1.64 bits per heavy atom. The van der Waals surface area contributed by atoms with Gasteiger partial charge in [-0.2, -0.15) is 5.26 Å². The summed E-state index contributed by atoms with van der Waals surface area (Å²) in [6.45, 7) is 0. The lowest BCUT2D eigenvalue weighted by Crippen LogP contribution is -2.13. The minimum absolute atomic E-state index is 0.0570. The summed E-state index contributed by atoms with van der Waals surface area (Å²) < 4.78 is 14.5. The molecular weight excluding hydrogens is 455 g/mol. The zero-order valence-electron chi connectivity index (χ0n) is 18.9. The second-order valence-electron chi connectivity index (χ2n) is 7.92. The van der Waals surface area contributed by atoms with Gasteiger partial charge in [0, 0.05) is 52.3 Å². The molecule has 174 valence electrons. The fraction of sp³-hybridized carbons (Fsp3) is 0. The molecule has 0 aliphatic rings. The third kappa shape index (κ3) is 4.95. The van der Waals surface area contributed by atoms with Crippen LogP contribution in [0.25, 0.3) is 10.9 Å². The van der Waals surface area contributed by atoms with E-state index in [9.17, 15) is 14.4 Å². The summed E-state index contributed by atoms with van der Waals surface area (Å²) >= 11 is 0. The van der Waals surface area contributed by atoms with Gasteiger partial charge in [-0.1, -0.05) is 6.07 Å². The highest BCUT2D eigenvalue weighted by Crippen LogP contribution is 2.27. The van der Waals surface area contributed by atoms with Crippen LogP contribution in [0.1, 0.15) is 15.9 Å². The molecule has 0 radical (unpaired) electrons. The minimum Gasteiger partial charge on any atom is -0.355 e. The van der Waals surface area contributed by atoms with Crippen LogP contribution in [0, 0.1) is 17.1 Å². The Labute approximate surface area is 206 Å². The van der Waals surface area contributed by atoms with Gasteiger partial charge in [-0.25, -0.2) is 4.39 Å². The fourth-order valence-electron chi connectivity index (χ4n) is 3.71. The average molecular weight is 474 g/mol. The van der Waals surface area contributed by atoms with Crippen molar-refractivity contribution in [1.82, 2.24) is 9.97 Å². The van der Waals surface area contributed by atoms with E-state index in [2.05, 4.69) is 32.0 Å². The average Bonchev–Trinajstić information content (AvgIpc) is 2.91. The van der Waals surface area contributed by atoms with Crippen LogP contribution in [0.2, 0.25) is 0 Å². The monoisotopic (exact) mass is 474 g/mol. The third-order valence-corrected chi connectivity index (χ3v) is 5.46. The highest BCUT2D eigenvalue weighted by molar-refractivity contribution is 6.05. The van der Waals surface area contributed by atoms with Gasteiger partial charge in [-0.05, 0) is 72.8 Å². The summed E-state index contributed by atoms with van der Waals surface area (Å²) in [5, 5.41) is 19.1. The molecule has 36 heavy (non-hydrogen) atoms. The van der Waals surface area contributed by atoms with Gasteiger partial charge in [-0.3, -0.25) is 14.8 Å². The number of rotatable bonds is 6. The molecule has 8 heteroatoms. The number of nitriles is 1. The van der Waals surface area contributed by atoms with Gasteiger partial charge in [0.1, 0.15) is 5.82 Å². The van der Waals surface area contributed by atoms with Crippen LogP contribution in [0.3, 0.4) is 0 Å². The van der Waals surface area contributed by atoms with Crippen molar-refractivity contribution in [3.63, 3.8) is 0 Å².